The maximum atomic E-state index is 12.4. The minimum absolute atomic E-state index is 0.136. The molecular formula is C8H4Cl2F3NO. The summed E-state index contributed by atoms with van der Waals surface area (Å²) in [6, 6.07) is 2.20. The van der Waals surface area contributed by atoms with Gasteiger partial charge in [-0.1, -0.05) is 23.2 Å². The molecule has 0 atom stereocenters. The summed E-state index contributed by atoms with van der Waals surface area (Å²) in [7, 11) is 0. The number of halogens is 5. The lowest BCUT2D eigenvalue weighted by molar-refractivity contribution is -0.137. The SMILES string of the molecule is O=CNc1ccc(Cl)c(C(F)(F)F)c1Cl. The summed E-state index contributed by atoms with van der Waals surface area (Å²) in [5.41, 5.74) is -1.29. The Bertz CT molecular complexity index is 392. The highest BCUT2D eigenvalue weighted by Gasteiger charge is 2.36. The number of benzene rings is 1. The Balaban J connectivity index is 3.36. The van der Waals surface area contributed by atoms with Gasteiger partial charge >= 0.3 is 6.18 Å². The van der Waals surface area contributed by atoms with Crippen molar-refractivity contribution in [3.05, 3.63) is 27.7 Å². The van der Waals surface area contributed by atoms with E-state index in [1.807, 2.05) is 5.32 Å². The van der Waals surface area contributed by atoms with E-state index in [0.717, 1.165) is 6.07 Å². The van der Waals surface area contributed by atoms with Crippen LogP contribution in [0.15, 0.2) is 12.1 Å². The molecule has 0 heterocycles. The molecule has 1 aromatic rings. The lowest BCUT2D eigenvalue weighted by atomic mass is 10.2. The molecule has 0 aliphatic carbocycles. The van der Waals surface area contributed by atoms with Crippen molar-refractivity contribution >= 4 is 35.3 Å². The van der Waals surface area contributed by atoms with Crippen molar-refractivity contribution < 1.29 is 18.0 Å². The van der Waals surface area contributed by atoms with Crippen LogP contribution >= 0.6 is 23.2 Å². The molecule has 0 aliphatic rings. The van der Waals surface area contributed by atoms with Gasteiger partial charge in [0, 0.05) is 0 Å². The number of nitrogens with one attached hydrogen (secondary N) is 1. The van der Waals surface area contributed by atoms with Gasteiger partial charge in [-0.25, -0.2) is 0 Å². The third-order valence-electron chi connectivity index (χ3n) is 1.59. The summed E-state index contributed by atoms with van der Waals surface area (Å²) < 4.78 is 37.3. The molecule has 0 bridgehead atoms. The largest absolute Gasteiger partial charge is 0.419 e. The zero-order valence-electron chi connectivity index (χ0n) is 7.03. The van der Waals surface area contributed by atoms with Gasteiger partial charge in [-0.05, 0) is 12.1 Å². The Labute approximate surface area is 93.0 Å². The first-order valence-corrected chi connectivity index (χ1v) is 4.39. The van der Waals surface area contributed by atoms with E-state index in [-0.39, 0.29) is 12.1 Å². The summed E-state index contributed by atoms with van der Waals surface area (Å²) in [4.78, 5) is 10.1. The van der Waals surface area contributed by atoms with Crippen molar-refractivity contribution in [3.8, 4) is 0 Å². The molecule has 82 valence electrons. The van der Waals surface area contributed by atoms with E-state index < -0.39 is 21.8 Å². The predicted molar refractivity (Wildman–Crippen MR) is 51.2 cm³/mol. The second-order valence-electron chi connectivity index (χ2n) is 2.54. The molecule has 2 nitrogen and oxygen atoms in total. The average molecular weight is 258 g/mol. The highest BCUT2D eigenvalue weighted by atomic mass is 35.5. The second kappa shape index (κ2) is 4.28. The van der Waals surface area contributed by atoms with Crippen molar-refractivity contribution in [2.75, 3.05) is 5.32 Å². The molecule has 0 unspecified atom stereocenters. The Hall–Kier alpha value is -0.940. The quantitative estimate of drug-likeness (QED) is 0.807. The molecule has 1 amide bonds. The third-order valence-corrected chi connectivity index (χ3v) is 2.30. The summed E-state index contributed by atoms with van der Waals surface area (Å²) in [6.07, 6.45) is -4.43. The highest BCUT2D eigenvalue weighted by molar-refractivity contribution is 6.38. The molecule has 0 saturated carbocycles. The van der Waals surface area contributed by atoms with Crippen molar-refractivity contribution in [1.82, 2.24) is 0 Å². The molecule has 0 fully saturated rings. The monoisotopic (exact) mass is 257 g/mol. The van der Waals surface area contributed by atoms with Crippen LogP contribution in [0.3, 0.4) is 0 Å². The van der Waals surface area contributed by atoms with E-state index in [4.69, 9.17) is 23.2 Å². The van der Waals surface area contributed by atoms with E-state index in [9.17, 15) is 18.0 Å². The molecule has 0 aliphatic heterocycles. The van der Waals surface area contributed by atoms with Gasteiger partial charge in [0.25, 0.3) is 0 Å². The fourth-order valence-electron chi connectivity index (χ4n) is 0.987. The first-order valence-electron chi connectivity index (χ1n) is 3.63. The van der Waals surface area contributed by atoms with Gasteiger partial charge in [0.15, 0.2) is 0 Å². The van der Waals surface area contributed by atoms with Crippen LogP contribution in [0.4, 0.5) is 18.9 Å². The van der Waals surface area contributed by atoms with Crippen LogP contribution in [-0.2, 0) is 11.0 Å². The smallest absolute Gasteiger partial charge is 0.327 e. The summed E-state index contributed by atoms with van der Waals surface area (Å²) in [6.45, 7) is 0. The minimum Gasteiger partial charge on any atom is -0.327 e. The van der Waals surface area contributed by atoms with Gasteiger partial charge in [0.05, 0.1) is 21.3 Å². The molecule has 15 heavy (non-hydrogen) atoms. The van der Waals surface area contributed by atoms with Crippen LogP contribution in [0.25, 0.3) is 0 Å². The zero-order chi connectivity index (χ0) is 11.6. The van der Waals surface area contributed by atoms with Crippen LogP contribution in [0.5, 0.6) is 0 Å². The van der Waals surface area contributed by atoms with Gasteiger partial charge in [-0.15, -0.1) is 0 Å². The van der Waals surface area contributed by atoms with Gasteiger partial charge in [0.1, 0.15) is 0 Å². The molecular weight excluding hydrogens is 254 g/mol. The van der Waals surface area contributed by atoms with E-state index in [2.05, 4.69) is 0 Å². The first kappa shape index (κ1) is 12.1. The summed E-state index contributed by atoms with van der Waals surface area (Å²) >= 11 is 10.8. The zero-order valence-corrected chi connectivity index (χ0v) is 8.54. The van der Waals surface area contributed by atoms with E-state index in [0.29, 0.717) is 0 Å². The molecule has 0 saturated heterocycles. The Morgan fingerprint density at radius 3 is 2.33 bits per heavy atom. The van der Waals surface area contributed by atoms with Crippen molar-refractivity contribution in [2.45, 2.75) is 6.18 Å². The lowest BCUT2D eigenvalue weighted by Gasteiger charge is -2.13. The van der Waals surface area contributed by atoms with Crippen molar-refractivity contribution in [2.24, 2.45) is 0 Å². The number of hydrogen-bond acceptors (Lipinski definition) is 1. The Morgan fingerprint density at radius 2 is 1.87 bits per heavy atom. The molecule has 0 radical (unpaired) electrons. The minimum atomic E-state index is -4.66. The molecule has 1 aromatic carbocycles. The molecule has 1 N–H and O–H groups in total. The van der Waals surface area contributed by atoms with Gasteiger partial charge in [-0.3, -0.25) is 4.79 Å². The average Bonchev–Trinajstić information content (AvgIpc) is 2.08. The van der Waals surface area contributed by atoms with E-state index >= 15 is 0 Å². The molecule has 1 rings (SSSR count). The number of alkyl halides is 3. The van der Waals surface area contributed by atoms with Crippen LogP contribution in [0.2, 0.25) is 10.0 Å². The van der Waals surface area contributed by atoms with Crippen molar-refractivity contribution in [1.29, 1.82) is 0 Å². The first-order chi connectivity index (χ1) is 6.88. The number of amides is 1. The standard InChI is InChI=1S/C8H4Cl2F3NO/c9-4-1-2-5(14-3-15)7(10)6(4)8(11,12)13/h1-3H,(H,14,15). The maximum absolute atomic E-state index is 12.4. The predicted octanol–water partition coefficient (Wildman–Crippen LogP) is 3.58. The Kier molecular flexibility index (Phi) is 3.46. The summed E-state index contributed by atoms with van der Waals surface area (Å²) in [5.74, 6) is 0. The third kappa shape index (κ3) is 2.54. The fourth-order valence-corrected chi connectivity index (χ4v) is 1.63. The molecule has 0 spiro atoms. The maximum Gasteiger partial charge on any atom is 0.419 e. The van der Waals surface area contributed by atoms with E-state index in [1.165, 1.54) is 6.07 Å². The lowest BCUT2D eigenvalue weighted by Crippen LogP contribution is -2.08. The molecule has 7 heteroatoms. The van der Waals surface area contributed by atoms with Gasteiger partial charge in [0.2, 0.25) is 6.41 Å². The van der Waals surface area contributed by atoms with Crippen LogP contribution in [-0.4, -0.2) is 6.41 Å². The summed E-state index contributed by atoms with van der Waals surface area (Å²) in [5, 5.41) is 0.911. The number of carbonyl (C=O) groups is 1. The normalized spacial score (nSPS) is 11.3. The van der Waals surface area contributed by atoms with Gasteiger partial charge in [-0.2, -0.15) is 13.2 Å². The number of anilines is 1. The van der Waals surface area contributed by atoms with Crippen LogP contribution < -0.4 is 5.32 Å². The van der Waals surface area contributed by atoms with Crippen LogP contribution in [0.1, 0.15) is 5.56 Å². The highest BCUT2D eigenvalue weighted by Crippen LogP contribution is 2.42. The number of rotatable bonds is 2. The second-order valence-corrected chi connectivity index (χ2v) is 3.33. The number of hydrogen-bond donors (Lipinski definition) is 1. The number of carbonyl (C=O) groups excluding carboxylic acids is 1. The topological polar surface area (TPSA) is 29.1 Å². The Morgan fingerprint density at radius 1 is 1.27 bits per heavy atom. The van der Waals surface area contributed by atoms with Crippen LogP contribution in [0, 0.1) is 0 Å². The fraction of sp³-hybridized carbons (Fsp3) is 0.125. The van der Waals surface area contributed by atoms with E-state index in [1.54, 1.807) is 0 Å². The molecule has 0 aromatic heterocycles. The van der Waals surface area contributed by atoms with Gasteiger partial charge < -0.3 is 5.32 Å². The van der Waals surface area contributed by atoms with Crippen molar-refractivity contribution in [3.63, 3.8) is 0 Å².